The van der Waals surface area contributed by atoms with E-state index >= 15 is 0 Å². The zero-order chi connectivity index (χ0) is 15.6. The molecule has 0 atom stereocenters. The van der Waals surface area contributed by atoms with Crippen molar-refractivity contribution >= 4 is 27.4 Å². The second-order valence-electron chi connectivity index (χ2n) is 5.52. The molecule has 1 aromatic heterocycles. The zero-order valence-electron chi connectivity index (χ0n) is 12.5. The summed E-state index contributed by atoms with van der Waals surface area (Å²) in [7, 11) is 0. The average molecular weight is 300 g/mol. The molecule has 23 heavy (non-hydrogen) atoms. The van der Waals surface area contributed by atoms with Crippen LogP contribution in [0.1, 0.15) is 5.56 Å². The van der Waals surface area contributed by atoms with Crippen LogP contribution in [-0.2, 0) is 6.54 Å². The molecule has 4 rings (SSSR count). The Labute approximate surface area is 134 Å². The lowest BCUT2D eigenvalue weighted by Crippen LogP contribution is -2.01. The number of hydrogen-bond acceptors (Lipinski definition) is 3. The fourth-order valence-electron chi connectivity index (χ4n) is 2.94. The van der Waals surface area contributed by atoms with E-state index in [0.717, 1.165) is 32.9 Å². The number of nitrogens with one attached hydrogen (secondary N) is 1. The summed E-state index contributed by atoms with van der Waals surface area (Å²) in [5.41, 5.74) is 2.81. The summed E-state index contributed by atoms with van der Waals surface area (Å²) >= 11 is 0. The van der Waals surface area contributed by atoms with Crippen molar-refractivity contribution < 1.29 is 5.11 Å². The van der Waals surface area contributed by atoms with Crippen LogP contribution in [-0.4, -0.2) is 10.1 Å². The van der Waals surface area contributed by atoms with E-state index < -0.39 is 0 Å². The van der Waals surface area contributed by atoms with Gasteiger partial charge in [0.1, 0.15) is 5.75 Å². The van der Waals surface area contributed by atoms with Crippen molar-refractivity contribution in [1.82, 2.24) is 4.98 Å². The van der Waals surface area contributed by atoms with Crippen molar-refractivity contribution in [3.63, 3.8) is 0 Å². The highest BCUT2D eigenvalue weighted by molar-refractivity contribution is 5.91. The van der Waals surface area contributed by atoms with Crippen LogP contribution in [0.3, 0.4) is 0 Å². The minimum atomic E-state index is 0.310. The molecule has 0 radical (unpaired) electrons. The first-order valence-corrected chi connectivity index (χ1v) is 7.60. The van der Waals surface area contributed by atoms with E-state index in [1.807, 2.05) is 54.6 Å². The number of aromatic nitrogens is 1. The Bertz CT molecular complexity index is 990. The van der Waals surface area contributed by atoms with E-state index in [0.29, 0.717) is 12.3 Å². The van der Waals surface area contributed by atoms with Crippen LogP contribution in [0.15, 0.2) is 72.9 Å². The van der Waals surface area contributed by atoms with Crippen LogP contribution < -0.4 is 5.32 Å². The number of rotatable bonds is 3. The van der Waals surface area contributed by atoms with Crippen LogP contribution >= 0.6 is 0 Å². The van der Waals surface area contributed by atoms with E-state index in [4.69, 9.17) is 0 Å². The molecule has 0 spiro atoms. The highest BCUT2D eigenvalue weighted by atomic mass is 16.3. The number of fused-ring (bicyclic) bond motifs is 2. The lowest BCUT2D eigenvalue weighted by Gasteiger charge is -2.12. The molecule has 3 heteroatoms. The standard InChI is InChI=1S/C20H16N2O/c23-19-11-10-14-5-1-2-8-16(14)17(19)13-22-18-9-3-6-15-7-4-12-21-20(15)18/h1-12,22-23H,13H2. The molecule has 0 amide bonds. The highest BCUT2D eigenvalue weighted by Gasteiger charge is 2.08. The molecule has 0 aliphatic heterocycles. The van der Waals surface area contributed by atoms with Crippen LogP contribution in [0.4, 0.5) is 5.69 Å². The van der Waals surface area contributed by atoms with Gasteiger partial charge in [-0.3, -0.25) is 4.98 Å². The quantitative estimate of drug-likeness (QED) is 0.576. The first-order chi connectivity index (χ1) is 11.3. The number of hydrogen-bond donors (Lipinski definition) is 2. The summed E-state index contributed by atoms with van der Waals surface area (Å²) in [6.07, 6.45) is 1.79. The largest absolute Gasteiger partial charge is 0.508 e. The molecule has 0 saturated heterocycles. The fraction of sp³-hybridized carbons (Fsp3) is 0.0500. The van der Waals surface area contributed by atoms with Gasteiger partial charge in [-0.2, -0.15) is 0 Å². The Hall–Kier alpha value is -3.07. The first-order valence-electron chi connectivity index (χ1n) is 7.60. The van der Waals surface area contributed by atoms with Crippen LogP contribution in [0, 0.1) is 0 Å². The van der Waals surface area contributed by atoms with Crippen molar-refractivity contribution in [1.29, 1.82) is 0 Å². The summed E-state index contributed by atoms with van der Waals surface area (Å²) in [6.45, 7) is 0.545. The lowest BCUT2D eigenvalue weighted by atomic mass is 10.0. The molecule has 0 aliphatic carbocycles. The van der Waals surface area contributed by atoms with Crippen molar-refractivity contribution in [2.45, 2.75) is 6.54 Å². The summed E-state index contributed by atoms with van der Waals surface area (Å²) in [6, 6.07) is 21.8. The van der Waals surface area contributed by atoms with Gasteiger partial charge in [0.15, 0.2) is 0 Å². The normalized spacial score (nSPS) is 11.0. The van der Waals surface area contributed by atoms with Gasteiger partial charge in [-0.15, -0.1) is 0 Å². The number of phenolic OH excluding ortho intramolecular Hbond substituents is 1. The summed E-state index contributed by atoms with van der Waals surface area (Å²) in [4.78, 5) is 4.45. The second kappa shape index (κ2) is 5.61. The van der Waals surface area contributed by atoms with Crippen LogP contribution in [0.25, 0.3) is 21.7 Å². The third-order valence-corrected chi connectivity index (χ3v) is 4.10. The minimum Gasteiger partial charge on any atom is -0.508 e. The summed E-state index contributed by atoms with van der Waals surface area (Å²) in [5.74, 6) is 0.310. The molecular formula is C20H16N2O. The topological polar surface area (TPSA) is 45.1 Å². The molecule has 2 N–H and O–H groups in total. The number of benzene rings is 3. The van der Waals surface area contributed by atoms with E-state index in [1.54, 1.807) is 12.3 Å². The third kappa shape index (κ3) is 2.46. The van der Waals surface area contributed by atoms with Gasteiger partial charge in [0, 0.05) is 23.7 Å². The van der Waals surface area contributed by atoms with Gasteiger partial charge in [0.25, 0.3) is 0 Å². The van der Waals surface area contributed by atoms with Gasteiger partial charge in [-0.1, -0.05) is 48.5 Å². The van der Waals surface area contributed by atoms with Crippen molar-refractivity contribution in [2.75, 3.05) is 5.32 Å². The Balaban J connectivity index is 1.73. The molecule has 4 aromatic rings. The second-order valence-corrected chi connectivity index (χ2v) is 5.52. The number of aromatic hydroxyl groups is 1. The Kier molecular flexibility index (Phi) is 3.31. The summed E-state index contributed by atoms with van der Waals surface area (Å²) in [5, 5.41) is 16.9. The Morgan fingerprint density at radius 2 is 1.65 bits per heavy atom. The maximum Gasteiger partial charge on any atom is 0.121 e. The van der Waals surface area contributed by atoms with Crippen LogP contribution in [0.5, 0.6) is 5.75 Å². The molecule has 0 saturated carbocycles. The van der Waals surface area contributed by atoms with E-state index in [1.165, 1.54) is 0 Å². The first kappa shape index (κ1) is 13.6. The maximum absolute atomic E-state index is 10.2. The van der Waals surface area contributed by atoms with Gasteiger partial charge in [0.2, 0.25) is 0 Å². The van der Waals surface area contributed by atoms with E-state index in [9.17, 15) is 5.11 Å². The molecule has 3 aromatic carbocycles. The molecule has 0 unspecified atom stereocenters. The molecule has 0 aliphatic rings. The molecule has 1 heterocycles. The van der Waals surface area contributed by atoms with Gasteiger partial charge < -0.3 is 10.4 Å². The van der Waals surface area contributed by atoms with Crippen molar-refractivity contribution in [2.24, 2.45) is 0 Å². The Morgan fingerprint density at radius 3 is 2.61 bits per heavy atom. The summed E-state index contributed by atoms with van der Waals surface area (Å²) < 4.78 is 0. The van der Waals surface area contributed by atoms with Crippen molar-refractivity contribution in [3.05, 3.63) is 78.5 Å². The number of nitrogens with zero attached hydrogens (tertiary/aromatic N) is 1. The van der Waals surface area contributed by atoms with Gasteiger partial charge >= 0.3 is 0 Å². The predicted molar refractivity (Wildman–Crippen MR) is 94.7 cm³/mol. The number of para-hydroxylation sites is 1. The van der Waals surface area contributed by atoms with Gasteiger partial charge in [-0.25, -0.2) is 0 Å². The highest BCUT2D eigenvalue weighted by Crippen LogP contribution is 2.29. The van der Waals surface area contributed by atoms with Crippen molar-refractivity contribution in [3.8, 4) is 5.75 Å². The SMILES string of the molecule is Oc1ccc2ccccc2c1CNc1cccc2cccnc12. The average Bonchev–Trinajstić information content (AvgIpc) is 2.61. The van der Waals surface area contributed by atoms with Crippen LogP contribution in [0.2, 0.25) is 0 Å². The number of phenols is 1. The van der Waals surface area contributed by atoms with Gasteiger partial charge in [-0.05, 0) is 29.0 Å². The number of anilines is 1. The third-order valence-electron chi connectivity index (χ3n) is 4.10. The molecule has 3 nitrogen and oxygen atoms in total. The minimum absolute atomic E-state index is 0.310. The van der Waals surface area contributed by atoms with E-state index in [-0.39, 0.29) is 0 Å². The Morgan fingerprint density at radius 1 is 0.826 bits per heavy atom. The molecule has 112 valence electrons. The smallest absolute Gasteiger partial charge is 0.121 e. The lowest BCUT2D eigenvalue weighted by molar-refractivity contribution is 0.470. The molecular weight excluding hydrogens is 284 g/mol. The molecule has 0 fully saturated rings. The van der Waals surface area contributed by atoms with E-state index in [2.05, 4.69) is 16.4 Å². The molecule has 0 bridgehead atoms. The number of pyridine rings is 1. The fourth-order valence-corrected chi connectivity index (χ4v) is 2.94. The predicted octanol–water partition coefficient (Wildman–Crippen LogP) is 4.71. The maximum atomic E-state index is 10.2. The monoisotopic (exact) mass is 300 g/mol. The zero-order valence-corrected chi connectivity index (χ0v) is 12.5. The van der Waals surface area contributed by atoms with Gasteiger partial charge in [0.05, 0.1) is 11.2 Å².